The summed E-state index contributed by atoms with van der Waals surface area (Å²) in [6.45, 7) is 6.01. The van der Waals surface area contributed by atoms with E-state index < -0.39 is 12.0 Å². The van der Waals surface area contributed by atoms with E-state index in [2.05, 4.69) is 4.99 Å². The van der Waals surface area contributed by atoms with Crippen molar-refractivity contribution in [1.29, 1.82) is 0 Å². The molecule has 2 heterocycles. The van der Waals surface area contributed by atoms with E-state index in [1.165, 1.54) is 23.0 Å². The molecule has 1 aromatic heterocycles. The van der Waals surface area contributed by atoms with E-state index in [9.17, 15) is 9.59 Å². The number of hydrogen-bond donors (Lipinski definition) is 0. The number of methoxy groups -OCH3 is 2. The molecule has 1 aliphatic heterocycles. The van der Waals surface area contributed by atoms with Crippen LogP contribution in [0, 0.1) is 0 Å². The normalized spacial score (nSPS) is 15.2. The fraction of sp³-hybridized carbons (Fsp3) is 0.296. The Labute approximate surface area is 223 Å². The van der Waals surface area contributed by atoms with Crippen LogP contribution in [0.5, 0.6) is 17.2 Å². The lowest BCUT2D eigenvalue weighted by Crippen LogP contribution is -2.40. The Morgan fingerprint density at radius 2 is 1.86 bits per heavy atom. The molecule has 194 valence electrons. The first-order chi connectivity index (χ1) is 17.8. The monoisotopic (exact) mass is 542 g/mol. The second-order valence-corrected chi connectivity index (χ2v) is 9.45. The number of nitrogens with zero attached hydrogens (tertiary/aromatic N) is 2. The highest BCUT2D eigenvalue weighted by Crippen LogP contribution is 2.37. The van der Waals surface area contributed by atoms with Crippen LogP contribution < -0.4 is 29.1 Å². The Morgan fingerprint density at radius 3 is 2.51 bits per heavy atom. The highest BCUT2D eigenvalue weighted by atomic mass is 35.5. The molecule has 0 bridgehead atoms. The summed E-state index contributed by atoms with van der Waals surface area (Å²) in [6, 6.07) is 9.75. The molecule has 0 radical (unpaired) electrons. The molecule has 1 atom stereocenters. The maximum atomic E-state index is 13.8. The molecular weight excluding hydrogens is 516 g/mol. The van der Waals surface area contributed by atoms with Crippen molar-refractivity contribution in [2.24, 2.45) is 4.99 Å². The van der Waals surface area contributed by atoms with Crippen LogP contribution in [0.4, 0.5) is 0 Å². The van der Waals surface area contributed by atoms with Crippen molar-refractivity contribution in [2.45, 2.75) is 26.8 Å². The minimum absolute atomic E-state index is 0.181. The molecule has 0 N–H and O–H groups in total. The summed E-state index contributed by atoms with van der Waals surface area (Å²) in [5, 5.41) is 0.447. The Bertz CT molecular complexity index is 1560. The minimum atomic E-state index is -0.827. The van der Waals surface area contributed by atoms with Crippen LogP contribution in [-0.4, -0.2) is 38.0 Å². The number of esters is 1. The number of carbonyl (C=O) groups is 1. The molecule has 1 aliphatic rings. The van der Waals surface area contributed by atoms with E-state index in [0.717, 1.165) is 5.56 Å². The van der Waals surface area contributed by atoms with Crippen molar-refractivity contribution in [1.82, 2.24) is 4.57 Å². The van der Waals surface area contributed by atoms with E-state index in [-0.39, 0.29) is 17.7 Å². The maximum absolute atomic E-state index is 13.8. The fourth-order valence-electron chi connectivity index (χ4n) is 4.17. The third-order valence-corrected chi connectivity index (χ3v) is 7.08. The van der Waals surface area contributed by atoms with Crippen LogP contribution >= 0.6 is 22.9 Å². The topological polar surface area (TPSA) is 88.4 Å². The SMILES string of the molecule is CCOC(=O)C1=C(C)N=c2s/c(=C\c3ccc(OCC)c(Cl)c3)c(=O)n2[C@@H]1c1cc(OC)ccc1OC. The number of thiazole rings is 1. The van der Waals surface area contributed by atoms with Crippen molar-refractivity contribution in [3.63, 3.8) is 0 Å². The first-order valence-electron chi connectivity index (χ1n) is 11.7. The summed E-state index contributed by atoms with van der Waals surface area (Å²) in [5.41, 5.74) is 1.73. The van der Waals surface area contributed by atoms with Crippen LogP contribution in [0.3, 0.4) is 0 Å². The first-order valence-corrected chi connectivity index (χ1v) is 12.9. The third kappa shape index (κ3) is 5.14. The molecule has 10 heteroatoms. The Morgan fingerprint density at radius 1 is 1.11 bits per heavy atom. The first kappa shape index (κ1) is 26.5. The quantitative estimate of drug-likeness (QED) is 0.402. The number of carbonyl (C=O) groups excluding carboxylic acids is 1. The standard InChI is InChI=1S/C27H27ClN2O6S/c1-6-35-21-10-8-16(12-19(21)28)13-22-25(31)30-24(18-14-17(33-4)9-11-20(18)34-5)23(26(32)36-7-2)15(3)29-27(30)37-22/h8-14,24H,6-7H2,1-5H3/b22-13-/t24-/m1/s1. The van der Waals surface area contributed by atoms with Gasteiger partial charge in [0.2, 0.25) is 0 Å². The molecule has 2 aromatic carbocycles. The number of allylic oxidation sites excluding steroid dienone is 1. The van der Waals surface area contributed by atoms with Gasteiger partial charge < -0.3 is 18.9 Å². The smallest absolute Gasteiger partial charge is 0.338 e. The molecular formula is C27H27ClN2O6S. The lowest BCUT2D eigenvalue weighted by atomic mass is 9.94. The third-order valence-electron chi connectivity index (χ3n) is 5.80. The number of aromatic nitrogens is 1. The van der Waals surface area contributed by atoms with Crippen LogP contribution in [0.2, 0.25) is 5.02 Å². The van der Waals surface area contributed by atoms with Gasteiger partial charge >= 0.3 is 5.97 Å². The zero-order valence-electron chi connectivity index (χ0n) is 21.2. The van der Waals surface area contributed by atoms with Gasteiger partial charge in [0, 0.05) is 5.56 Å². The minimum Gasteiger partial charge on any atom is -0.497 e. The van der Waals surface area contributed by atoms with Gasteiger partial charge in [-0.2, -0.15) is 0 Å². The molecule has 0 saturated heterocycles. The number of ether oxygens (including phenoxy) is 4. The van der Waals surface area contributed by atoms with E-state index in [4.69, 9.17) is 30.5 Å². The van der Waals surface area contributed by atoms with Crippen LogP contribution in [0.15, 0.2) is 57.5 Å². The summed E-state index contributed by atoms with van der Waals surface area (Å²) in [6.07, 6.45) is 1.74. The highest BCUT2D eigenvalue weighted by Gasteiger charge is 2.35. The molecule has 8 nitrogen and oxygen atoms in total. The molecule has 0 fully saturated rings. The van der Waals surface area contributed by atoms with Crippen LogP contribution in [-0.2, 0) is 9.53 Å². The Kier molecular flexibility index (Phi) is 8.04. The van der Waals surface area contributed by atoms with Crippen LogP contribution in [0.25, 0.3) is 6.08 Å². The van der Waals surface area contributed by atoms with Gasteiger partial charge in [-0.25, -0.2) is 9.79 Å². The lowest BCUT2D eigenvalue weighted by Gasteiger charge is -2.26. The van der Waals surface area contributed by atoms with Gasteiger partial charge in [-0.05, 0) is 62.7 Å². The van der Waals surface area contributed by atoms with Crippen LogP contribution in [0.1, 0.15) is 37.9 Å². The summed E-state index contributed by atoms with van der Waals surface area (Å²) < 4.78 is 23.8. The number of fused-ring (bicyclic) bond motifs is 1. The zero-order valence-corrected chi connectivity index (χ0v) is 22.7. The second kappa shape index (κ2) is 11.2. The van der Waals surface area contributed by atoms with E-state index in [1.54, 1.807) is 57.4 Å². The number of rotatable bonds is 8. The molecule has 37 heavy (non-hydrogen) atoms. The predicted octanol–water partition coefficient (Wildman–Crippen LogP) is 3.87. The largest absolute Gasteiger partial charge is 0.497 e. The van der Waals surface area contributed by atoms with Gasteiger partial charge in [-0.1, -0.05) is 29.0 Å². The average molecular weight is 543 g/mol. The van der Waals surface area contributed by atoms with Gasteiger partial charge in [0.1, 0.15) is 23.3 Å². The molecule has 3 aromatic rings. The summed E-state index contributed by atoms with van der Waals surface area (Å²) in [7, 11) is 3.08. The van der Waals surface area contributed by atoms with Crippen molar-refractivity contribution in [2.75, 3.05) is 27.4 Å². The molecule has 0 spiro atoms. The van der Waals surface area contributed by atoms with Crippen molar-refractivity contribution >= 4 is 35.0 Å². The van der Waals surface area contributed by atoms with E-state index in [1.807, 2.05) is 13.0 Å². The maximum Gasteiger partial charge on any atom is 0.338 e. The summed E-state index contributed by atoms with van der Waals surface area (Å²) in [4.78, 5) is 32.0. The molecule has 0 aliphatic carbocycles. The number of benzene rings is 2. The molecule has 0 unspecified atom stereocenters. The van der Waals surface area contributed by atoms with Crippen molar-refractivity contribution in [3.8, 4) is 17.2 Å². The highest BCUT2D eigenvalue weighted by molar-refractivity contribution is 7.07. The Hall–Kier alpha value is -3.56. The van der Waals surface area contributed by atoms with Crippen molar-refractivity contribution in [3.05, 3.63) is 83.5 Å². The lowest BCUT2D eigenvalue weighted by molar-refractivity contribution is -0.139. The fourth-order valence-corrected chi connectivity index (χ4v) is 5.46. The second-order valence-electron chi connectivity index (χ2n) is 8.03. The molecule has 0 amide bonds. The van der Waals surface area contributed by atoms with E-state index in [0.29, 0.717) is 49.5 Å². The summed E-state index contributed by atoms with van der Waals surface area (Å²) in [5.74, 6) is 1.07. The van der Waals surface area contributed by atoms with Gasteiger partial charge in [0.05, 0.1) is 48.3 Å². The van der Waals surface area contributed by atoms with Crippen molar-refractivity contribution < 1.29 is 23.7 Å². The molecule has 4 rings (SSSR count). The number of hydrogen-bond acceptors (Lipinski definition) is 8. The zero-order chi connectivity index (χ0) is 26.7. The van der Waals surface area contributed by atoms with Gasteiger partial charge in [0.15, 0.2) is 4.80 Å². The predicted molar refractivity (Wildman–Crippen MR) is 143 cm³/mol. The average Bonchev–Trinajstić information content (AvgIpc) is 3.18. The van der Waals surface area contributed by atoms with E-state index >= 15 is 0 Å². The molecule has 0 saturated carbocycles. The number of halogens is 1. The van der Waals surface area contributed by atoms with Gasteiger partial charge in [0.25, 0.3) is 5.56 Å². The van der Waals surface area contributed by atoms with Gasteiger partial charge in [-0.15, -0.1) is 0 Å². The Balaban J connectivity index is 1.96. The van der Waals surface area contributed by atoms with Gasteiger partial charge in [-0.3, -0.25) is 9.36 Å². The summed E-state index contributed by atoms with van der Waals surface area (Å²) >= 11 is 7.58.